The van der Waals surface area contributed by atoms with Gasteiger partial charge in [0.1, 0.15) is 0 Å². The molecule has 0 saturated carbocycles. The third kappa shape index (κ3) is 2.13. The summed E-state index contributed by atoms with van der Waals surface area (Å²) in [4.78, 5) is 23.9. The summed E-state index contributed by atoms with van der Waals surface area (Å²) in [5, 5.41) is 0. The van der Waals surface area contributed by atoms with Crippen molar-refractivity contribution < 1.29 is 14.3 Å². The number of fused-ring (bicyclic) bond motifs is 1. The van der Waals surface area contributed by atoms with Crippen LogP contribution in [0.15, 0.2) is 36.1 Å². The fourth-order valence-electron chi connectivity index (χ4n) is 1.68. The van der Waals surface area contributed by atoms with Gasteiger partial charge in [0.2, 0.25) is 5.78 Å². The fraction of sp³-hybridized carbons (Fsp3) is 0.286. The Morgan fingerprint density at radius 3 is 2.47 bits per heavy atom. The predicted octanol–water partition coefficient (Wildman–Crippen LogP) is 2.76. The van der Waals surface area contributed by atoms with Crippen molar-refractivity contribution in [1.29, 1.82) is 0 Å². The van der Waals surface area contributed by atoms with Crippen LogP contribution in [0.4, 0.5) is 0 Å². The number of carbonyl (C=O) groups is 2. The van der Waals surface area contributed by atoms with Gasteiger partial charge in [-0.05, 0) is 13.3 Å². The Morgan fingerprint density at radius 1 is 1.18 bits per heavy atom. The zero-order valence-corrected chi connectivity index (χ0v) is 9.90. The maximum Gasteiger partial charge on any atom is 0.228 e. The van der Waals surface area contributed by atoms with E-state index in [9.17, 15) is 9.59 Å². The van der Waals surface area contributed by atoms with Crippen LogP contribution >= 0.6 is 0 Å². The van der Waals surface area contributed by atoms with Gasteiger partial charge in [0.05, 0.1) is 6.10 Å². The highest BCUT2D eigenvalue weighted by atomic mass is 16.5. The molecule has 3 heteroatoms. The largest absolute Gasteiger partial charge is 0.486 e. The predicted molar refractivity (Wildman–Crippen MR) is 64.0 cm³/mol. The Kier molecular flexibility index (Phi) is 3.09. The monoisotopic (exact) mass is 230 g/mol. The van der Waals surface area contributed by atoms with Crippen molar-refractivity contribution in [2.75, 3.05) is 0 Å². The number of ether oxygens (including phenoxy) is 1. The van der Waals surface area contributed by atoms with E-state index in [1.54, 1.807) is 24.3 Å². The van der Waals surface area contributed by atoms with Gasteiger partial charge < -0.3 is 4.74 Å². The molecule has 1 aliphatic rings. The van der Waals surface area contributed by atoms with Crippen LogP contribution in [0.1, 0.15) is 41.0 Å². The standard InChI is InChI=1S/C14H14O3/c1-3-9(2)17-13-8-12(15)10-6-4-5-7-11(10)14(13)16/h4-9H,3H2,1-2H3. The van der Waals surface area contributed by atoms with Gasteiger partial charge in [0, 0.05) is 17.2 Å². The van der Waals surface area contributed by atoms with Gasteiger partial charge in [-0.1, -0.05) is 31.2 Å². The lowest BCUT2D eigenvalue weighted by atomic mass is 9.94. The summed E-state index contributed by atoms with van der Waals surface area (Å²) >= 11 is 0. The second-order valence-electron chi connectivity index (χ2n) is 4.08. The quantitative estimate of drug-likeness (QED) is 0.801. The summed E-state index contributed by atoms with van der Waals surface area (Å²) in [6.07, 6.45) is 2.01. The first-order chi connectivity index (χ1) is 8.13. The molecule has 88 valence electrons. The first-order valence-electron chi connectivity index (χ1n) is 5.70. The fourth-order valence-corrected chi connectivity index (χ4v) is 1.68. The van der Waals surface area contributed by atoms with E-state index in [1.165, 1.54) is 6.08 Å². The number of allylic oxidation sites excluding steroid dienone is 2. The van der Waals surface area contributed by atoms with E-state index in [-0.39, 0.29) is 23.4 Å². The van der Waals surface area contributed by atoms with Crippen molar-refractivity contribution in [3.63, 3.8) is 0 Å². The minimum atomic E-state index is -0.208. The highest BCUT2D eigenvalue weighted by molar-refractivity contribution is 6.23. The molecule has 0 aliphatic heterocycles. The van der Waals surface area contributed by atoms with Crippen LogP contribution in [0, 0.1) is 0 Å². The average Bonchev–Trinajstić information content (AvgIpc) is 2.35. The van der Waals surface area contributed by atoms with E-state index >= 15 is 0 Å². The number of ketones is 2. The molecule has 0 bridgehead atoms. The normalized spacial score (nSPS) is 16.2. The molecule has 0 aromatic heterocycles. The van der Waals surface area contributed by atoms with Crippen LogP contribution < -0.4 is 0 Å². The summed E-state index contributed by atoms with van der Waals surface area (Å²) in [5.41, 5.74) is 0.882. The Morgan fingerprint density at radius 2 is 1.82 bits per heavy atom. The van der Waals surface area contributed by atoms with Crippen molar-refractivity contribution in [3.8, 4) is 0 Å². The molecule has 0 amide bonds. The molecule has 0 N–H and O–H groups in total. The lowest BCUT2D eigenvalue weighted by Gasteiger charge is -2.18. The Labute approximate surface area is 100 Å². The van der Waals surface area contributed by atoms with Crippen LogP contribution in [-0.4, -0.2) is 17.7 Å². The molecule has 0 heterocycles. The van der Waals surface area contributed by atoms with Crippen LogP contribution in [0.5, 0.6) is 0 Å². The summed E-state index contributed by atoms with van der Waals surface area (Å²) < 4.78 is 5.47. The third-order valence-corrected chi connectivity index (χ3v) is 2.83. The molecule has 0 fully saturated rings. The lowest BCUT2D eigenvalue weighted by Crippen LogP contribution is -2.21. The van der Waals surface area contributed by atoms with Gasteiger partial charge in [0.15, 0.2) is 11.5 Å². The van der Waals surface area contributed by atoms with E-state index in [2.05, 4.69) is 0 Å². The summed E-state index contributed by atoms with van der Waals surface area (Å²) in [5.74, 6) is -0.220. The summed E-state index contributed by atoms with van der Waals surface area (Å²) in [6.45, 7) is 3.84. The van der Waals surface area contributed by atoms with Gasteiger partial charge in [-0.2, -0.15) is 0 Å². The molecule has 1 aliphatic carbocycles. The zero-order valence-electron chi connectivity index (χ0n) is 9.90. The highest BCUT2D eigenvalue weighted by Crippen LogP contribution is 2.22. The van der Waals surface area contributed by atoms with Gasteiger partial charge in [-0.15, -0.1) is 0 Å². The molecule has 2 rings (SSSR count). The molecule has 1 aromatic rings. The van der Waals surface area contributed by atoms with Crippen LogP contribution in [0.2, 0.25) is 0 Å². The molecule has 1 aromatic carbocycles. The number of carbonyl (C=O) groups excluding carboxylic acids is 2. The topological polar surface area (TPSA) is 43.4 Å². The number of benzene rings is 1. The van der Waals surface area contributed by atoms with Gasteiger partial charge >= 0.3 is 0 Å². The van der Waals surface area contributed by atoms with Crippen molar-refractivity contribution >= 4 is 11.6 Å². The maximum absolute atomic E-state index is 12.1. The summed E-state index contributed by atoms with van der Waals surface area (Å²) in [6, 6.07) is 6.81. The molecule has 0 radical (unpaired) electrons. The number of hydrogen-bond acceptors (Lipinski definition) is 3. The molecule has 1 atom stereocenters. The average molecular weight is 230 g/mol. The second kappa shape index (κ2) is 4.53. The molecule has 3 nitrogen and oxygen atoms in total. The van der Waals surface area contributed by atoms with E-state index in [4.69, 9.17) is 4.74 Å². The van der Waals surface area contributed by atoms with Gasteiger partial charge in [0.25, 0.3) is 0 Å². The van der Waals surface area contributed by atoms with Crippen LogP contribution in [-0.2, 0) is 4.74 Å². The molecule has 1 unspecified atom stereocenters. The summed E-state index contributed by atoms with van der Waals surface area (Å²) in [7, 11) is 0. The van der Waals surface area contributed by atoms with E-state index < -0.39 is 0 Å². The van der Waals surface area contributed by atoms with Gasteiger partial charge in [-0.3, -0.25) is 9.59 Å². The Bertz CT molecular complexity index is 500. The number of hydrogen-bond donors (Lipinski definition) is 0. The van der Waals surface area contributed by atoms with E-state index in [0.717, 1.165) is 6.42 Å². The SMILES string of the molecule is CCC(C)OC1=CC(=O)c2ccccc2C1=O. The van der Waals surface area contributed by atoms with Crippen molar-refractivity contribution in [2.45, 2.75) is 26.4 Å². The van der Waals surface area contributed by atoms with Crippen molar-refractivity contribution in [2.24, 2.45) is 0 Å². The number of rotatable bonds is 3. The van der Waals surface area contributed by atoms with Crippen LogP contribution in [0.25, 0.3) is 0 Å². The number of Topliss-reactive ketones (excluding diaryl/α,β-unsaturated/α-hetero) is 1. The van der Waals surface area contributed by atoms with E-state index in [0.29, 0.717) is 11.1 Å². The Hall–Kier alpha value is -1.90. The molecular formula is C14H14O3. The molecule has 17 heavy (non-hydrogen) atoms. The smallest absolute Gasteiger partial charge is 0.228 e. The third-order valence-electron chi connectivity index (χ3n) is 2.83. The maximum atomic E-state index is 12.1. The Balaban J connectivity index is 2.35. The molecule has 0 spiro atoms. The highest BCUT2D eigenvalue weighted by Gasteiger charge is 2.26. The van der Waals surface area contributed by atoms with Crippen molar-refractivity contribution in [1.82, 2.24) is 0 Å². The van der Waals surface area contributed by atoms with Crippen LogP contribution in [0.3, 0.4) is 0 Å². The minimum Gasteiger partial charge on any atom is -0.486 e. The molecule has 0 saturated heterocycles. The van der Waals surface area contributed by atoms with Crippen molar-refractivity contribution in [3.05, 3.63) is 47.2 Å². The molecular weight excluding hydrogens is 216 g/mol. The first kappa shape index (κ1) is 11.6. The minimum absolute atomic E-state index is 0.0664. The zero-order chi connectivity index (χ0) is 12.4. The lowest BCUT2D eigenvalue weighted by molar-refractivity contribution is 0.0774. The van der Waals surface area contributed by atoms with E-state index in [1.807, 2.05) is 13.8 Å². The second-order valence-corrected chi connectivity index (χ2v) is 4.08. The van der Waals surface area contributed by atoms with Gasteiger partial charge in [-0.25, -0.2) is 0 Å². The first-order valence-corrected chi connectivity index (χ1v) is 5.70.